The number of nitrogens with one attached hydrogen (secondary N) is 1. The second-order valence-corrected chi connectivity index (χ2v) is 4.33. The van der Waals surface area contributed by atoms with Gasteiger partial charge in [-0.1, -0.05) is 0 Å². The third-order valence-electron chi connectivity index (χ3n) is 2.99. The number of nitro groups is 1. The summed E-state index contributed by atoms with van der Waals surface area (Å²) in [4.78, 5) is 22.4. The van der Waals surface area contributed by atoms with Crippen LogP contribution in [0.25, 0.3) is 0 Å². The van der Waals surface area contributed by atoms with E-state index in [2.05, 4.69) is 5.32 Å². The Kier molecular flexibility index (Phi) is 4.57. The van der Waals surface area contributed by atoms with Crippen molar-refractivity contribution in [3.8, 4) is 11.5 Å². The quantitative estimate of drug-likeness (QED) is 0.677. The fraction of sp³-hybridized carbons (Fsp3) is 0.133. The standard InChI is InChI=1S/C15H14N2O5/c1-21-12-6-4-11(5-7-12)16-15(18)10-3-8-13(17(19)20)14(9-10)22-2/h3-9H,1-2H3,(H,16,18). The van der Waals surface area contributed by atoms with Crippen molar-refractivity contribution in [3.05, 3.63) is 58.1 Å². The molecule has 0 heterocycles. The number of nitro benzene ring substituents is 1. The van der Waals surface area contributed by atoms with E-state index in [1.807, 2.05) is 0 Å². The Morgan fingerprint density at radius 3 is 2.32 bits per heavy atom. The summed E-state index contributed by atoms with van der Waals surface area (Å²) in [6, 6.07) is 10.8. The van der Waals surface area contributed by atoms with Crippen LogP contribution in [0.2, 0.25) is 0 Å². The molecule has 0 radical (unpaired) electrons. The molecule has 0 fully saturated rings. The number of methoxy groups -OCH3 is 2. The number of ether oxygens (including phenoxy) is 2. The van der Waals surface area contributed by atoms with Crippen molar-refractivity contribution in [2.24, 2.45) is 0 Å². The molecule has 7 nitrogen and oxygen atoms in total. The number of hydrogen-bond acceptors (Lipinski definition) is 5. The highest BCUT2D eigenvalue weighted by Gasteiger charge is 2.17. The van der Waals surface area contributed by atoms with Gasteiger partial charge in [0.05, 0.1) is 19.1 Å². The lowest BCUT2D eigenvalue weighted by atomic mass is 10.1. The molecule has 0 bridgehead atoms. The van der Waals surface area contributed by atoms with Crippen LogP contribution in [-0.2, 0) is 0 Å². The third kappa shape index (κ3) is 3.32. The van der Waals surface area contributed by atoms with Crippen LogP contribution in [0.15, 0.2) is 42.5 Å². The maximum absolute atomic E-state index is 12.2. The van der Waals surface area contributed by atoms with E-state index in [-0.39, 0.29) is 17.0 Å². The zero-order chi connectivity index (χ0) is 16.1. The summed E-state index contributed by atoms with van der Waals surface area (Å²) in [5.74, 6) is 0.320. The largest absolute Gasteiger partial charge is 0.497 e. The van der Waals surface area contributed by atoms with E-state index < -0.39 is 10.8 Å². The lowest BCUT2D eigenvalue weighted by Crippen LogP contribution is -2.12. The minimum atomic E-state index is -0.565. The molecule has 2 aromatic rings. The Morgan fingerprint density at radius 1 is 1.09 bits per heavy atom. The van der Waals surface area contributed by atoms with E-state index >= 15 is 0 Å². The number of benzene rings is 2. The SMILES string of the molecule is COc1ccc(NC(=O)c2ccc([N+](=O)[O-])c(OC)c2)cc1. The second-order valence-electron chi connectivity index (χ2n) is 4.33. The van der Waals surface area contributed by atoms with Gasteiger partial charge in [-0.2, -0.15) is 0 Å². The van der Waals surface area contributed by atoms with Gasteiger partial charge in [0.25, 0.3) is 5.91 Å². The fourth-order valence-electron chi connectivity index (χ4n) is 1.85. The molecule has 114 valence electrons. The van der Waals surface area contributed by atoms with Crippen LogP contribution in [-0.4, -0.2) is 25.1 Å². The summed E-state index contributed by atoms with van der Waals surface area (Å²) < 4.78 is 9.97. The van der Waals surface area contributed by atoms with Crippen molar-refractivity contribution in [1.82, 2.24) is 0 Å². The molecule has 2 aromatic carbocycles. The van der Waals surface area contributed by atoms with Crippen LogP contribution >= 0.6 is 0 Å². The van der Waals surface area contributed by atoms with E-state index in [9.17, 15) is 14.9 Å². The van der Waals surface area contributed by atoms with E-state index in [0.29, 0.717) is 11.4 Å². The van der Waals surface area contributed by atoms with E-state index in [4.69, 9.17) is 9.47 Å². The first-order chi connectivity index (χ1) is 10.5. The summed E-state index contributed by atoms with van der Waals surface area (Å²) in [6.07, 6.45) is 0. The summed E-state index contributed by atoms with van der Waals surface area (Å²) >= 11 is 0. The Labute approximate surface area is 126 Å². The van der Waals surface area contributed by atoms with Crippen LogP contribution in [0.3, 0.4) is 0 Å². The molecule has 0 saturated carbocycles. The number of rotatable bonds is 5. The van der Waals surface area contributed by atoms with Crippen LogP contribution < -0.4 is 14.8 Å². The van der Waals surface area contributed by atoms with Crippen molar-refractivity contribution in [2.45, 2.75) is 0 Å². The number of carbonyl (C=O) groups excluding carboxylic acids is 1. The van der Waals surface area contributed by atoms with Crippen LogP contribution in [0.1, 0.15) is 10.4 Å². The van der Waals surface area contributed by atoms with Gasteiger partial charge >= 0.3 is 5.69 Å². The van der Waals surface area contributed by atoms with Crippen LogP contribution in [0.4, 0.5) is 11.4 Å². The monoisotopic (exact) mass is 302 g/mol. The van der Waals surface area contributed by atoms with Crippen LogP contribution in [0.5, 0.6) is 11.5 Å². The Morgan fingerprint density at radius 2 is 1.77 bits per heavy atom. The molecule has 7 heteroatoms. The number of nitrogens with zero attached hydrogens (tertiary/aromatic N) is 1. The van der Waals surface area contributed by atoms with Crippen molar-refractivity contribution in [2.75, 3.05) is 19.5 Å². The van der Waals surface area contributed by atoms with Gasteiger partial charge in [-0.25, -0.2) is 0 Å². The maximum atomic E-state index is 12.2. The van der Waals surface area contributed by atoms with Crippen molar-refractivity contribution < 1.29 is 19.2 Å². The summed E-state index contributed by atoms with van der Waals surface area (Å²) in [6.45, 7) is 0. The molecule has 0 saturated heterocycles. The smallest absolute Gasteiger partial charge is 0.310 e. The molecule has 22 heavy (non-hydrogen) atoms. The van der Waals surface area contributed by atoms with Crippen molar-refractivity contribution in [3.63, 3.8) is 0 Å². The molecule has 0 spiro atoms. The highest BCUT2D eigenvalue weighted by atomic mass is 16.6. The molecule has 0 atom stereocenters. The van der Waals surface area contributed by atoms with Gasteiger partial charge in [0.15, 0.2) is 5.75 Å². The molecular formula is C15H14N2O5. The summed E-state index contributed by atoms with van der Waals surface area (Å²) in [5, 5.41) is 13.5. The highest BCUT2D eigenvalue weighted by Crippen LogP contribution is 2.28. The molecule has 2 rings (SSSR count). The van der Waals surface area contributed by atoms with E-state index in [1.165, 1.54) is 25.3 Å². The predicted octanol–water partition coefficient (Wildman–Crippen LogP) is 2.86. The average Bonchev–Trinajstić information content (AvgIpc) is 2.54. The zero-order valence-corrected chi connectivity index (χ0v) is 12.0. The first-order valence-electron chi connectivity index (χ1n) is 6.33. The second kappa shape index (κ2) is 6.57. The summed E-state index contributed by atoms with van der Waals surface area (Å²) in [7, 11) is 2.87. The first-order valence-corrected chi connectivity index (χ1v) is 6.33. The van der Waals surface area contributed by atoms with Gasteiger partial charge in [0.1, 0.15) is 5.75 Å². The highest BCUT2D eigenvalue weighted by molar-refractivity contribution is 6.04. The normalized spacial score (nSPS) is 9.91. The van der Waals surface area contributed by atoms with E-state index in [0.717, 1.165) is 0 Å². The topological polar surface area (TPSA) is 90.7 Å². The first kappa shape index (κ1) is 15.3. The number of amides is 1. The molecule has 0 aliphatic heterocycles. The molecule has 0 aliphatic carbocycles. The third-order valence-corrected chi connectivity index (χ3v) is 2.99. The molecule has 0 aliphatic rings. The minimum Gasteiger partial charge on any atom is -0.497 e. The molecule has 1 N–H and O–H groups in total. The van der Waals surface area contributed by atoms with Gasteiger partial charge in [-0.05, 0) is 30.3 Å². The van der Waals surface area contributed by atoms with Gasteiger partial charge < -0.3 is 14.8 Å². The molecular weight excluding hydrogens is 288 g/mol. The summed E-state index contributed by atoms with van der Waals surface area (Å²) in [5.41, 5.74) is 0.657. The van der Waals surface area contributed by atoms with Crippen molar-refractivity contribution >= 4 is 17.3 Å². The van der Waals surface area contributed by atoms with Gasteiger partial charge in [-0.3, -0.25) is 14.9 Å². The number of anilines is 1. The Balaban J connectivity index is 2.20. The molecule has 0 aromatic heterocycles. The minimum absolute atomic E-state index is 0.0346. The van der Waals surface area contributed by atoms with Crippen molar-refractivity contribution in [1.29, 1.82) is 0 Å². The molecule has 1 amide bonds. The average molecular weight is 302 g/mol. The van der Waals surface area contributed by atoms with Crippen LogP contribution in [0, 0.1) is 10.1 Å². The maximum Gasteiger partial charge on any atom is 0.310 e. The van der Waals surface area contributed by atoms with Gasteiger partial charge in [0.2, 0.25) is 0 Å². The Bertz CT molecular complexity index is 698. The molecule has 0 unspecified atom stereocenters. The Hall–Kier alpha value is -3.09. The number of hydrogen-bond donors (Lipinski definition) is 1. The lowest BCUT2D eigenvalue weighted by molar-refractivity contribution is -0.385. The predicted molar refractivity (Wildman–Crippen MR) is 80.6 cm³/mol. The number of carbonyl (C=O) groups is 1. The zero-order valence-electron chi connectivity index (χ0n) is 12.0. The van der Waals surface area contributed by atoms with E-state index in [1.54, 1.807) is 31.4 Å². The van der Waals surface area contributed by atoms with Gasteiger partial charge in [0, 0.05) is 23.4 Å². The fourth-order valence-corrected chi connectivity index (χ4v) is 1.85. The van der Waals surface area contributed by atoms with Gasteiger partial charge in [-0.15, -0.1) is 0 Å². The lowest BCUT2D eigenvalue weighted by Gasteiger charge is -2.08.